The van der Waals surface area contributed by atoms with Gasteiger partial charge in [0, 0.05) is 37.2 Å². The monoisotopic (exact) mass is 629 g/mol. The predicted molar refractivity (Wildman–Crippen MR) is 170 cm³/mol. The lowest BCUT2D eigenvalue weighted by atomic mass is 9.70. The molecule has 0 bridgehead atoms. The van der Waals surface area contributed by atoms with Gasteiger partial charge >= 0.3 is 6.09 Å². The normalized spacial score (nSPS) is 23.5. The number of rotatable bonds is 9. The molecule has 1 aromatic heterocycles. The summed E-state index contributed by atoms with van der Waals surface area (Å²) in [5, 5.41) is 21.2. The number of pyridine rings is 1. The number of aromatic nitrogens is 1. The van der Waals surface area contributed by atoms with Gasteiger partial charge in [-0.25, -0.2) is 22.9 Å². The Morgan fingerprint density at radius 1 is 1.14 bits per heavy atom. The molecule has 3 unspecified atom stereocenters. The number of nitrogens with one attached hydrogen (secondary N) is 1. The van der Waals surface area contributed by atoms with Crippen LogP contribution in [0.2, 0.25) is 0 Å². The molecule has 5 rings (SSSR count). The Labute approximate surface area is 260 Å². The van der Waals surface area contributed by atoms with Crippen LogP contribution in [0.25, 0.3) is 11.3 Å². The molecule has 2 saturated heterocycles. The van der Waals surface area contributed by atoms with E-state index >= 15 is 0 Å². The van der Waals surface area contributed by atoms with Crippen molar-refractivity contribution in [3.05, 3.63) is 35.4 Å². The second kappa shape index (κ2) is 12.7. The number of piperidine rings is 2. The van der Waals surface area contributed by atoms with Crippen LogP contribution in [0.5, 0.6) is 11.5 Å². The van der Waals surface area contributed by atoms with Crippen LogP contribution in [0.3, 0.4) is 0 Å². The molecule has 3 fully saturated rings. The van der Waals surface area contributed by atoms with Crippen molar-refractivity contribution in [1.82, 2.24) is 19.5 Å². The number of carboxylic acid groups (broad SMARTS) is 1. The molecule has 44 heavy (non-hydrogen) atoms. The smallest absolute Gasteiger partial charge is 0.408 e. The number of nitrogens with zero attached hydrogens (tertiary/aromatic N) is 3. The summed E-state index contributed by atoms with van der Waals surface area (Å²) in [6, 6.07) is 7.00. The molecule has 0 radical (unpaired) electrons. The molecule has 12 heteroatoms. The highest BCUT2D eigenvalue weighted by atomic mass is 32.2. The predicted octanol–water partition coefficient (Wildman–Crippen LogP) is 4.96. The van der Waals surface area contributed by atoms with E-state index < -0.39 is 16.1 Å². The average Bonchev–Trinajstić information content (AvgIpc) is 3.78. The van der Waals surface area contributed by atoms with Crippen LogP contribution in [0.1, 0.15) is 82.8 Å². The lowest BCUT2D eigenvalue weighted by Crippen LogP contribution is -2.62. The van der Waals surface area contributed by atoms with Crippen LogP contribution in [0.15, 0.2) is 24.3 Å². The maximum absolute atomic E-state index is 12.3. The number of ether oxygens (including phenoxy) is 1. The molecule has 3 atom stereocenters. The zero-order chi connectivity index (χ0) is 31.8. The largest absolute Gasteiger partial charge is 0.507 e. The summed E-state index contributed by atoms with van der Waals surface area (Å²) in [6.07, 6.45) is 6.41. The highest BCUT2D eigenvalue weighted by molar-refractivity contribution is 7.88. The summed E-state index contributed by atoms with van der Waals surface area (Å²) in [7, 11) is -3.53. The summed E-state index contributed by atoms with van der Waals surface area (Å²) in [5.74, 6) is 1.13. The third kappa shape index (κ3) is 7.24. The molecular formula is C32H47N5O6S. The molecule has 2 aromatic rings. The lowest BCUT2D eigenvalue weighted by molar-refractivity contribution is -0.0575. The number of aromatic hydroxyl groups is 1. The number of carbonyl (C=O) groups is 1. The van der Waals surface area contributed by atoms with Crippen molar-refractivity contribution >= 4 is 21.9 Å². The quantitative estimate of drug-likeness (QED) is 0.301. The van der Waals surface area contributed by atoms with Crippen molar-refractivity contribution in [3.8, 4) is 22.8 Å². The van der Waals surface area contributed by atoms with Crippen molar-refractivity contribution in [2.45, 2.75) is 90.4 Å². The fourth-order valence-electron chi connectivity index (χ4n) is 7.12. The number of hydrogen-bond acceptors (Lipinski definition) is 8. The number of benzene rings is 1. The van der Waals surface area contributed by atoms with Crippen molar-refractivity contribution in [3.63, 3.8) is 0 Å². The number of nitrogen functional groups attached to an aromatic ring is 1. The van der Waals surface area contributed by atoms with Gasteiger partial charge in [0.15, 0.2) is 0 Å². The van der Waals surface area contributed by atoms with Gasteiger partial charge in [0.25, 0.3) is 0 Å². The topological polar surface area (TPSA) is 158 Å². The first-order valence-corrected chi connectivity index (χ1v) is 17.6. The van der Waals surface area contributed by atoms with E-state index in [1.165, 1.54) is 0 Å². The molecule has 2 aliphatic heterocycles. The third-order valence-corrected chi connectivity index (χ3v) is 9.86. The van der Waals surface area contributed by atoms with Crippen LogP contribution >= 0.6 is 0 Å². The van der Waals surface area contributed by atoms with Crippen molar-refractivity contribution < 1.29 is 28.2 Å². The Balaban J connectivity index is 1.64. The number of nitrogens with two attached hydrogens (primary N) is 1. The Morgan fingerprint density at radius 3 is 2.55 bits per heavy atom. The Kier molecular flexibility index (Phi) is 9.34. The average molecular weight is 630 g/mol. The lowest BCUT2D eigenvalue weighted by Gasteiger charge is -2.54. The highest BCUT2D eigenvalue weighted by Crippen LogP contribution is 2.47. The van der Waals surface area contributed by atoms with Gasteiger partial charge in [0.2, 0.25) is 10.0 Å². The number of likely N-dealkylation sites (tertiary alicyclic amines) is 2. The summed E-state index contributed by atoms with van der Waals surface area (Å²) in [4.78, 5) is 21.0. The van der Waals surface area contributed by atoms with E-state index in [2.05, 4.69) is 30.4 Å². The summed E-state index contributed by atoms with van der Waals surface area (Å²) >= 11 is 0. The standard InChI is InChI=1S/C32H47N5O6S/c1-32(2,3)29-21(9-8-16-36(29)27-12-5-6-15-37(27)31(39)40)22-17-24(35-30(33)23(22)18-34-44(4,41)42)28-25(38)10-7-11-26(28)43-19-20-13-14-20/h7,10-11,17,20-21,27,29,34,38H,5-6,8-9,12-16,18-19H2,1-4H3,(H2,33,35)(H,39,40). The minimum absolute atomic E-state index is 0.0232. The maximum Gasteiger partial charge on any atom is 0.408 e. The van der Waals surface area contributed by atoms with E-state index in [0.29, 0.717) is 41.6 Å². The Bertz CT molecular complexity index is 1470. The molecular weight excluding hydrogens is 582 g/mol. The van der Waals surface area contributed by atoms with Crippen molar-refractivity contribution in [2.24, 2.45) is 11.3 Å². The molecule has 3 aliphatic rings. The van der Waals surface area contributed by atoms with Gasteiger partial charge in [-0.1, -0.05) is 26.8 Å². The van der Waals surface area contributed by atoms with Crippen molar-refractivity contribution in [1.29, 1.82) is 0 Å². The number of sulfonamides is 1. The first-order chi connectivity index (χ1) is 20.7. The number of amides is 1. The zero-order valence-electron chi connectivity index (χ0n) is 26.3. The van der Waals surface area contributed by atoms with Gasteiger partial charge in [-0.05, 0) is 80.0 Å². The Hall–Kier alpha value is -3.09. The van der Waals surface area contributed by atoms with Crippen LogP contribution in [0.4, 0.5) is 10.6 Å². The molecule has 1 amide bonds. The molecule has 0 spiro atoms. The Morgan fingerprint density at radius 2 is 1.89 bits per heavy atom. The van der Waals surface area contributed by atoms with E-state index in [-0.39, 0.29) is 41.7 Å². The molecule has 242 valence electrons. The van der Waals surface area contributed by atoms with Crippen LogP contribution in [0, 0.1) is 11.3 Å². The molecule has 1 aliphatic carbocycles. The van der Waals surface area contributed by atoms with Gasteiger partial charge in [0.1, 0.15) is 17.3 Å². The van der Waals surface area contributed by atoms with Gasteiger partial charge in [-0.3, -0.25) is 9.80 Å². The van der Waals surface area contributed by atoms with Crippen LogP contribution in [-0.2, 0) is 16.6 Å². The SMILES string of the molecule is CC(C)(C)C1C(c2cc(-c3c(O)cccc3OCC3CC3)nc(N)c2CNS(C)(=O)=O)CCCN1C1CCCCN1C(=O)O. The second-order valence-corrected chi connectivity index (χ2v) is 15.5. The molecule has 11 nitrogen and oxygen atoms in total. The van der Waals surface area contributed by atoms with E-state index in [0.717, 1.165) is 63.3 Å². The van der Waals surface area contributed by atoms with E-state index in [1.54, 1.807) is 17.0 Å². The highest BCUT2D eigenvalue weighted by Gasteiger charge is 2.46. The van der Waals surface area contributed by atoms with Gasteiger partial charge in [-0.15, -0.1) is 0 Å². The van der Waals surface area contributed by atoms with Crippen molar-refractivity contribution in [2.75, 3.05) is 31.7 Å². The number of hydrogen-bond donors (Lipinski definition) is 4. The van der Waals surface area contributed by atoms with E-state index in [4.69, 9.17) is 15.5 Å². The fourth-order valence-corrected chi connectivity index (χ4v) is 7.53. The third-order valence-electron chi connectivity index (χ3n) is 9.19. The minimum atomic E-state index is -3.53. The minimum Gasteiger partial charge on any atom is -0.507 e. The molecule has 1 aromatic carbocycles. The number of anilines is 1. The van der Waals surface area contributed by atoms with E-state index in [1.807, 2.05) is 12.1 Å². The molecule has 3 heterocycles. The van der Waals surface area contributed by atoms with Gasteiger partial charge in [0.05, 0.1) is 30.3 Å². The van der Waals surface area contributed by atoms with Gasteiger partial charge < -0.3 is 20.7 Å². The fraction of sp³-hybridized carbons (Fsp3) is 0.625. The zero-order valence-corrected chi connectivity index (χ0v) is 27.1. The number of phenolic OH excluding ortho intramolecular Hbond substituents is 1. The summed E-state index contributed by atoms with van der Waals surface area (Å²) in [5.41, 5.74) is 8.74. The molecule has 1 saturated carbocycles. The van der Waals surface area contributed by atoms with Crippen LogP contribution in [-0.4, -0.2) is 77.7 Å². The first-order valence-electron chi connectivity index (χ1n) is 15.7. The van der Waals surface area contributed by atoms with Crippen LogP contribution < -0.4 is 15.2 Å². The number of phenols is 1. The van der Waals surface area contributed by atoms with E-state index in [9.17, 15) is 23.4 Å². The summed E-state index contributed by atoms with van der Waals surface area (Å²) in [6.45, 7) is 8.30. The summed E-state index contributed by atoms with van der Waals surface area (Å²) < 4.78 is 33.2. The maximum atomic E-state index is 12.3. The first kappa shape index (κ1) is 32.3. The van der Waals surface area contributed by atoms with Gasteiger partial charge in [-0.2, -0.15) is 0 Å². The molecule has 5 N–H and O–H groups in total. The second-order valence-electron chi connectivity index (χ2n) is 13.7.